The van der Waals surface area contributed by atoms with Crippen molar-refractivity contribution in [3.8, 4) is 0 Å². The van der Waals surface area contributed by atoms with Gasteiger partial charge >= 0.3 is 0 Å². The predicted molar refractivity (Wildman–Crippen MR) is 66.8 cm³/mol. The molecule has 6 heteroatoms. The van der Waals surface area contributed by atoms with Crippen LogP contribution in [-0.4, -0.2) is 5.11 Å². The van der Waals surface area contributed by atoms with Gasteiger partial charge in [0.05, 0.1) is 10.0 Å². The van der Waals surface area contributed by atoms with Gasteiger partial charge in [0.15, 0.2) is 17.5 Å². The highest BCUT2D eigenvalue weighted by Crippen LogP contribution is 2.33. The summed E-state index contributed by atoms with van der Waals surface area (Å²) in [5.74, 6) is -4.35. The highest BCUT2D eigenvalue weighted by Gasteiger charge is 2.19. The molecule has 1 nitrogen and oxygen atoms in total. The third kappa shape index (κ3) is 2.71. The summed E-state index contributed by atoms with van der Waals surface area (Å²) in [6, 6.07) is 5.91. The molecule has 0 fully saturated rings. The molecule has 0 aromatic heterocycles. The van der Waals surface area contributed by atoms with Gasteiger partial charge in [-0.1, -0.05) is 35.3 Å². The molecule has 19 heavy (non-hydrogen) atoms. The van der Waals surface area contributed by atoms with Gasteiger partial charge in [-0.15, -0.1) is 0 Å². The molecule has 0 radical (unpaired) electrons. The smallest absolute Gasteiger partial charge is 0.194 e. The van der Waals surface area contributed by atoms with Crippen LogP contribution >= 0.6 is 23.2 Å². The zero-order valence-corrected chi connectivity index (χ0v) is 10.8. The lowest BCUT2D eigenvalue weighted by Gasteiger charge is -2.14. The van der Waals surface area contributed by atoms with Gasteiger partial charge in [-0.25, -0.2) is 13.2 Å². The lowest BCUT2D eigenvalue weighted by atomic mass is 10.0. The summed E-state index contributed by atoms with van der Waals surface area (Å²) in [4.78, 5) is 0. The molecule has 0 amide bonds. The Bertz CT molecular complexity index is 608. The van der Waals surface area contributed by atoms with Crippen molar-refractivity contribution in [3.05, 3.63) is 69.0 Å². The van der Waals surface area contributed by atoms with Crippen LogP contribution in [0.4, 0.5) is 13.2 Å². The lowest BCUT2D eigenvalue weighted by molar-refractivity contribution is 0.218. The van der Waals surface area contributed by atoms with Crippen molar-refractivity contribution in [3.63, 3.8) is 0 Å². The molecule has 0 heterocycles. The molecular weight excluding hydrogens is 300 g/mol. The summed E-state index contributed by atoms with van der Waals surface area (Å²) in [6.07, 6.45) is -1.41. The minimum absolute atomic E-state index is 0.0711. The molecule has 100 valence electrons. The Hall–Kier alpha value is -1.23. The summed E-state index contributed by atoms with van der Waals surface area (Å²) in [7, 11) is 0. The van der Waals surface area contributed by atoms with Gasteiger partial charge in [0, 0.05) is 5.56 Å². The Kier molecular flexibility index (Phi) is 4.04. The van der Waals surface area contributed by atoms with E-state index in [-0.39, 0.29) is 21.2 Å². The van der Waals surface area contributed by atoms with Crippen molar-refractivity contribution < 1.29 is 18.3 Å². The van der Waals surface area contributed by atoms with E-state index in [4.69, 9.17) is 23.2 Å². The van der Waals surface area contributed by atoms with Gasteiger partial charge in [0.1, 0.15) is 6.10 Å². The number of rotatable bonds is 2. The maximum atomic E-state index is 13.1. The van der Waals surface area contributed by atoms with E-state index in [1.54, 1.807) is 0 Å². The fraction of sp³-hybridized carbons (Fsp3) is 0.0769. The van der Waals surface area contributed by atoms with E-state index in [1.807, 2.05) is 0 Å². The van der Waals surface area contributed by atoms with Crippen LogP contribution in [0.1, 0.15) is 17.2 Å². The summed E-state index contributed by atoms with van der Waals surface area (Å²) in [5, 5.41) is 10.3. The minimum Gasteiger partial charge on any atom is -0.384 e. The molecule has 0 bridgehead atoms. The Morgan fingerprint density at radius 3 is 2.16 bits per heavy atom. The van der Waals surface area contributed by atoms with Crippen LogP contribution in [0.15, 0.2) is 30.3 Å². The molecule has 0 aliphatic heterocycles. The number of hydrogen-bond acceptors (Lipinski definition) is 1. The van der Waals surface area contributed by atoms with Crippen molar-refractivity contribution in [1.82, 2.24) is 0 Å². The molecule has 0 saturated heterocycles. The first kappa shape index (κ1) is 14.2. The van der Waals surface area contributed by atoms with Crippen molar-refractivity contribution in [2.24, 2.45) is 0 Å². The molecule has 0 spiro atoms. The molecule has 2 aromatic carbocycles. The summed E-state index contributed by atoms with van der Waals surface area (Å²) < 4.78 is 39.1. The maximum absolute atomic E-state index is 13.1. The topological polar surface area (TPSA) is 20.2 Å². The Balaban J connectivity index is 2.50. The minimum atomic E-state index is -1.59. The van der Waals surface area contributed by atoms with Crippen LogP contribution in [0.5, 0.6) is 0 Å². The fourth-order valence-electron chi connectivity index (χ4n) is 1.64. The first-order chi connectivity index (χ1) is 8.91. The van der Waals surface area contributed by atoms with Crippen LogP contribution < -0.4 is 0 Å². The predicted octanol–water partition coefficient (Wildman–Crippen LogP) is 4.49. The summed E-state index contributed by atoms with van der Waals surface area (Å²) in [6.45, 7) is 0. The van der Waals surface area contributed by atoms with Crippen molar-refractivity contribution in [2.75, 3.05) is 0 Å². The first-order valence-electron chi connectivity index (χ1n) is 5.18. The average molecular weight is 307 g/mol. The molecular formula is C13H7Cl2F3O. The van der Waals surface area contributed by atoms with Crippen LogP contribution in [-0.2, 0) is 0 Å². The van der Waals surface area contributed by atoms with E-state index >= 15 is 0 Å². The van der Waals surface area contributed by atoms with E-state index in [0.717, 1.165) is 0 Å². The summed E-state index contributed by atoms with van der Waals surface area (Å²) in [5.41, 5.74) is 0.0279. The molecule has 0 aliphatic rings. The van der Waals surface area contributed by atoms with E-state index in [1.165, 1.54) is 18.2 Å². The van der Waals surface area contributed by atoms with Crippen molar-refractivity contribution >= 4 is 23.2 Å². The second kappa shape index (κ2) is 5.41. The third-order valence-corrected chi connectivity index (χ3v) is 3.43. The van der Waals surface area contributed by atoms with Gasteiger partial charge in [0.25, 0.3) is 0 Å². The quantitative estimate of drug-likeness (QED) is 0.810. The average Bonchev–Trinajstić information content (AvgIpc) is 2.38. The lowest BCUT2D eigenvalue weighted by Crippen LogP contribution is -2.04. The van der Waals surface area contributed by atoms with E-state index in [2.05, 4.69) is 0 Å². The van der Waals surface area contributed by atoms with Crippen molar-refractivity contribution in [1.29, 1.82) is 0 Å². The normalized spacial score (nSPS) is 12.5. The highest BCUT2D eigenvalue weighted by molar-refractivity contribution is 6.42. The molecule has 1 atom stereocenters. The van der Waals surface area contributed by atoms with Crippen LogP contribution in [0.3, 0.4) is 0 Å². The number of halogens is 5. The van der Waals surface area contributed by atoms with Gasteiger partial charge in [-0.3, -0.25) is 0 Å². The highest BCUT2D eigenvalue weighted by atomic mass is 35.5. The molecule has 0 saturated carbocycles. The largest absolute Gasteiger partial charge is 0.384 e. The van der Waals surface area contributed by atoms with E-state index < -0.39 is 23.6 Å². The van der Waals surface area contributed by atoms with Crippen LogP contribution in [0, 0.1) is 17.5 Å². The SMILES string of the molecule is OC(c1cc(F)c(F)c(F)c1)c1cccc(Cl)c1Cl. The van der Waals surface area contributed by atoms with Gasteiger partial charge in [-0.05, 0) is 23.8 Å². The number of aliphatic hydroxyl groups excluding tert-OH is 1. The van der Waals surface area contributed by atoms with Gasteiger partial charge in [-0.2, -0.15) is 0 Å². The van der Waals surface area contributed by atoms with Crippen LogP contribution in [0.2, 0.25) is 10.0 Å². The molecule has 1 N–H and O–H groups in total. The second-order valence-electron chi connectivity index (χ2n) is 3.84. The molecule has 1 unspecified atom stereocenters. The van der Waals surface area contributed by atoms with Crippen molar-refractivity contribution in [2.45, 2.75) is 6.10 Å². The Morgan fingerprint density at radius 2 is 1.58 bits per heavy atom. The van der Waals surface area contributed by atoms with E-state index in [0.29, 0.717) is 12.1 Å². The van der Waals surface area contributed by atoms with E-state index in [9.17, 15) is 18.3 Å². The van der Waals surface area contributed by atoms with Crippen LogP contribution in [0.25, 0.3) is 0 Å². The molecule has 2 aromatic rings. The van der Waals surface area contributed by atoms with Gasteiger partial charge in [0.2, 0.25) is 0 Å². The zero-order chi connectivity index (χ0) is 14.2. The zero-order valence-electron chi connectivity index (χ0n) is 9.30. The molecule has 0 aliphatic carbocycles. The Morgan fingerprint density at radius 1 is 1.00 bits per heavy atom. The molecule has 2 rings (SSSR count). The second-order valence-corrected chi connectivity index (χ2v) is 4.63. The number of benzene rings is 2. The first-order valence-corrected chi connectivity index (χ1v) is 5.94. The maximum Gasteiger partial charge on any atom is 0.194 e. The Labute approximate surface area is 117 Å². The number of aliphatic hydroxyl groups is 1. The monoisotopic (exact) mass is 306 g/mol. The number of hydrogen-bond donors (Lipinski definition) is 1. The van der Waals surface area contributed by atoms with Gasteiger partial charge < -0.3 is 5.11 Å². The third-order valence-electron chi connectivity index (χ3n) is 2.60. The standard InChI is InChI=1S/C13H7Cl2F3O/c14-8-3-1-2-7(11(8)15)13(19)6-4-9(16)12(18)10(17)5-6/h1-5,13,19H. The summed E-state index contributed by atoms with van der Waals surface area (Å²) >= 11 is 11.7. The fourth-order valence-corrected chi connectivity index (χ4v) is 2.06.